The number of benzene rings is 2. The van der Waals surface area contributed by atoms with Gasteiger partial charge in [-0.05, 0) is 18.2 Å². The van der Waals surface area contributed by atoms with Gasteiger partial charge >= 0.3 is 0 Å². The monoisotopic (exact) mass is 283 g/mol. The van der Waals surface area contributed by atoms with Gasteiger partial charge < -0.3 is 19.5 Å². The van der Waals surface area contributed by atoms with Gasteiger partial charge in [0.05, 0.1) is 0 Å². The molecule has 0 bridgehead atoms. The minimum absolute atomic E-state index is 0.289. The summed E-state index contributed by atoms with van der Waals surface area (Å²) in [6, 6.07) is 13.8. The lowest BCUT2D eigenvalue weighted by atomic mass is 10.2. The lowest BCUT2D eigenvalue weighted by Gasteiger charge is -2.12. The molecule has 1 aliphatic heterocycles. The van der Waals surface area contributed by atoms with Gasteiger partial charge in [0.15, 0.2) is 11.5 Å². The summed E-state index contributed by atoms with van der Waals surface area (Å²) in [4.78, 5) is 0. The average Bonchev–Trinajstić information content (AvgIpc) is 2.99. The molecule has 108 valence electrons. The van der Waals surface area contributed by atoms with E-state index in [0.29, 0.717) is 13.2 Å². The zero-order valence-corrected chi connectivity index (χ0v) is 11.7. The van der Waals surface area contributed by atoms with Crippen LogP contribution in [-0.2, 0) is 6.54 Å². The molecule has 0 saturated carbocycles. The number of nitrogens with one attached hydrogen (secondary N) is 1. The number of hydrogen-bond donors (Lipinski definition) is 1. The molecule has 0 aromatic heterocycles. The normalized spacial score (nSPS) is 12.0. The van der Waals surface area contributed by atoms with Crippen LogP contribution in [0.15, 0.2) is 55.1 Å². The van der Waals surface area contributed by atoms with Gasteiger partial charge in [-0.3, -0.25) is 0 Å². The van der Waals surface area contributed by atoms with Crippen LogP contribution in [-0.4, -0.2) is 13.4 Å². The fourth-order valence-corrected chi connectivity index (χ4v) is 2.14. The van der Waals surface area contributed by atoms with Crippen molar-refractivity contribution in [2.24, 2.45) is 0 Å². The Morgan fingerprint density at radius 1 is 1.14 bits per heavy atom. The standard InChI is InChI=1S/C17H17NO3/c1-2-9-19-15-6-4-3-5-13(15)11-18-14-7-8-16-17(10-14)21-12-20-16/h2-8,10,18H,1,9,11-12H2. The van der Waals surface area contributed by atoms with Gasteiger partial charge in [-0.1, -0.05) is 30.9 Å². The van der Waals surface area contributed by atoms with E-state index in [1.165, 1.54) is 0 Å². The molecule has 2 aromatic carbocycles. The second kappa shape index (κ2) is 6.22. The molecule has 1 N–H and O–H groups in total. The highest BCUT2D eigenvalue weighted by molar-refractivity contribution is 5.56. The quantitative estimate of drug-likeness (QED) is 0.822. The van der Waals surface area contributed by atoms with Gasteiger partial charge in [0.25, 0.3) is 0 Å². The summed E-state index contributed by atoms with van der Waals surface area (Å²) in [6.07, 6.45) is 1.74. The Labute approximate surface area is 124 Å². The predicted octanol–water partition coefficient (Wildman–Crippen LogP) is 3.59. The average molecular weight is 283 g/mol. The molecule has 4 nitrogen and oxygen atoms in total. The summed E-state index contributed by atoms with van der Waals surface area (Å²) < 4.78 is 16.3. The first-order valence-corrected chi connectivity index (χ1v) is 6.82. The molecule has 0 saturated heterocycles. The van der Waals surface area contributed by atoms with Gasteiger partial charge in [-0.25, -0.2) is 0 Å². The van der Waals surface area contributed by atoms with Crippen LogP contribution in [0.25, 0.3) is 0 Å². The Kier molecular flexibility index (Phi) is 3.96. The molecule has 0 atom stereocenters. The second-order valence-corrected chi connectivity index (χ2v) is 4.63. The third-order valence-electron chi connectivity index (χ3n) is 3.18. The van der Waals surface area contributed by atoms with Crippen molar-refractivity contribution in [3.63, 3.8) is 0 Å². The van der Waals surface area contributed by atoms with Crippen LogP contribution in [0.5, 0.6) is 17.2 Å². The first-order valence-electron chi connectivity index (χ1n) is 6.82. The van der Waals surface area contributed by atoms with Crippen LogP contribution >= 0.6 is 0 Å². The Hall–Kier alpha value is -2.62. The van der Waals surface area contributed by atoms with E-state index in [-0.39, 0.29) is 6.79 Å². The van der Waals surface area contributed by atoms with Crippen molar-refractivity contribution in [2.45, 2.75) is 6.54 Å². The highest BCUT2D eigenvalue weighted by Crippen LogP contribution is 2.34. The summed E-state index contributed by atoms with van der Waals surface area (Å²) in [5, 5.41) is 3.37. The summed E-state index contributed by atoms with van der Waals surface area (Å²) in [6.45, 7) is 5.13. The van der Waals surface area contributed by atoms with E-state index < -0.39 is 0 Å². The van der Waals surface area contributed by atoms with Crippen LogP contribution < -0.4 is 19.5 Å². The fourth-order valence-electron chi connectivity index (χ4n) is 2.14. The Balaban J connectivity index is 1.68. The Morgan fingerprint density at radius 3 is 2.90 bits per heavy atom. The van der Waals surface area contributed by atoms with Crippen molar-refractivity contribution in [1.29, 1.82) is 0 Å². The molecular weight excluding hydrogens is 266 g/mol. The van der Waals surface area contributed by atoms with Crippen LogP contribution in [0.4, 0.5) is 5.69 Å². The molecule has 0 radical (unpaired) electrons. The van der Waals surface area contributed by atoms with Gasteiger partial charge in [0.1, 0.15) is 12.4 Å². The fraction of sp³-hybridized carbons (Fsp3) is 0.176. The lowest BCUT2D eigenvalue weighted by molar-refractivity contribution is 0.174. The van der Waals surface area contributed by atoms with Crippen molar-refractivity contribution in [2.75, 3.05) is 18.7 Å². The molecule has 3 rings (SSSR count). The lowest BCUT2D eigenvalue weighted by Crippen LogP contribution is -2.03. The van der Waals surface area contributed by atoms with E-state index in [1.807, 2.05) is 42.5 Å². The molecule has 1 aliphatic rings. The Bertz CT molecular complexity index is 640. The van der Waals surface area contributed by atoms with Crippen molar-refractivity contribution >= 4 is 5.69 Å². The first kappa shape index (κ1) is 13.4. The smallest absolute Gasteiger partial charge is 0.231 e. The number of anilines is 1. The van der Waals surface area contributed by atoms with E-state index in [1.54, 1.807) is 6.08 Å². The van der Waals surface area contributed by atoms with E-state index >= 15 is 0 Å². The minimum atomic E-state index is 0.289. The van der Waals surface area contributed by atoms with Gasteiger partial charge in [-0.2, -0.15) is 0 Å². The minimum Gasteiger partial charge on any atom is -0.489 e. The molecule has 0 amide bonds. The molecular formula is C17H17NO3. The maximum absolute atomic E-state index is 5.65. The van der Waals surface area contributed by atoms with Crippen LogP contribution in [0.1, 0.15) is 5.56 Å². The molecule has 21 heavy (non-hydrogen) atoms. The maximum atomic E-state index is 5.65. The van der Waals surface area contributed by atoms with E-state index in [9.17, 15) is 0 Å². The van der Waals surface area contributed by atoms with E-state index in [4.69, 9.17) is 14.2 Å². The number of para-hydroxylation sites is 1. The van der Waals surface area contributed by atoms with Crippen molar-refractivity contribution in [1.82, 2.24) is 0 Å². The summed E-state index contributed by atoms with van der Waals surface area (Å²) in [7, 11) is 0. The molecule has 2 aromatic rings. The second-order valence-electron chi connectivity index (χ2n) is 4.63. The third-order valence-corrected chi connectivity index (χ3v) is 3.18. The topological polar surface area (TPSA) is 39.7 Å². The van der Waals surface area contributed by atoms with Gasteiger partial charge in [-0.15, -0.1) is 0 Å². The maximum Gasteiger partial charge on any atom is 0.231 e. The summed E-state index contributed by atoms with van der Waals surface area (Å²) >= 11 is 0. The molecule has 0 fully saturated rings. The van der Waals surface area contributed by atoms with Gasteiger partial charge in [0.2, 0.25) is 6.79 Å². The molecule has 0 aliphatic carbocycles. The number of hydrogen-bond acceptors (Lipinski definition) is 4. The third kappa shape index (κ3) is 3.11. The van der Waals surface area contributed by atoms with Gasteiger partial charge in [0, 0.05) is 23.9 Å². The van der Waals surface area contributed by atoms with Crippen molar-refractivity contribution in [3.05, 3.63) is 60.7 Å². The number of fused-ring (bicyclic) bond motifs is 1. The highest BCUT2D eigenvalue weighted by Gasteiger charge is 2.13. The largest absolute Gasteiger partial charge is 0.489 e. The van der Waals surface area contributed by atoms with Crippen LogP contribution in [0.2, 0.25) is 0 Å². The molecule has 4 heteroatoms. The highest BCUT2D eigenvalue weighted by atomic mass is 16.7. The van der Waals surface area contributed by atoms with Crippen molar-refractivity contribution in [3.8, 4) is 17.2 Å². The summed E-state index contributed by atoms with van der Waals surface area (Å²) in [5.74, 6) is 2.43. The zero-order valence-electron chi connectivity index (χ0n) is 11.7. The first-order chi connectivity index (χ1) is 10.4. The van der Waals surface area contributed by atoms with Crippen LogP contribution in [0, 0.1) is 0 Å². The molecule has 0 unspecified atom stereocenters. The number of rotatable bonds is 6. The molecule has 0 spiro atoms. The van der Waals surface area contributed by atoms with E-state index in [0.717, 1.165) is 28.5 Å². The molecule has 1 heterocycles. The van der Waals surface area contributed by atoms with Crippen molar-refractivity contribution < 1.29 is 14.2 Å². The zero-order chi connectivity index (χ0) is 14.5. The predicted molar refractivity (Wildman–Crippen MR) is 82.0 cm³/mol. The summed E-state index contributed by atoms with van der Waals surface area (Å²) in [5.41, 5.74) is 2.08. The Morgan fingerprint density at radius 2 is 2.00 bits per heavy atom. The number of ether oxygens (including phenoxy) is 3. The van der Waals surface area contributed by atoms with Crippen LogP contribution in [0.3, 0.4) is 0 Å². The van der Waals surface area contributed by atoms with E-state index in [2.05, 4.69) is 11.9 Å². The SMILES string of the molecule is C=CCOc1ccccc1CNc1ccc2c(c1)OCO2.